The first-order chi connectivity index (χ1) is 16.2. The Hall–Kier alpha value is -3.57. The number of ether oxygens (including phenoxy) is 1. The molecule has 3 aromatic carbocycles. The molecule has 1 amide bonds. The van der Waals surface area contributed by atoms with E-state index in [1.54, 1.807) is 7.11 Å². The number of nitrogens with one attached hydrogen (secondary N) is 2. The fraction of sp³-hybridized carbons (Fsp3) is 0.250. The highest BCUT2D eigenvalue weighted by molar-refractivity contribution is 5.98. The Labute approximate surface area is 194 Å². The van der Waals surface area contributed by atoms with Gasteiger partial charge in [-0.25, -0.2) is 0 Å². The number of carbonyl (C=O) groups is 1. The number of hydrogen-bond donors (Lipinski definition) is 2. The lowest BCUT2D eigenvalue weighted by molar-refractivity contribution is 0.0914. The zero-order valence-electron chi connectivity index (χ0n) is 19.1. The molecule has 1 aromatic heterocycles. The van der Waals surface area contributed by atoms with E-state index in [9.17, 15) is 4.79 Å². The molecule has 1 unspecified atom stereocenters. The average Bonchev–Trinajstić information content (AvgIpc) is 3.31. The van der Waals surface area contributed by atoms with E-state index in [0.29, 0.717) is 17.9 Å². The van der Waals surface area contributed by atoms with Crippen LogP contribution in [0.1, 0.15) is 46.6 Å². The average molecular weight is 443 g/mol. The summed E-state index contributed by atoms with van der Waals surface area (Å²) in [5, 5.41) is 7.42. The summed E-state index contributed by atoms with van der Waals surface area (Å²) in [5.41, 5.74) is 4.06. The van der Waals surface area contributed by atoms with Crippen molar-refractivity contribution >= 4 is 16.9 Å². The summed E-state index contributed by atoms with van der Waals surface area (Å²) in [5.74, 6) is 0.655. The van der Waals surface area contributed by atoms with Gasteiger partial charge in [-0.1, -0.05) is 66.7 Å². The zero-order valence-corrected chi connectivity index (χ0v) is 19.1. The number of furan rings is 1. The van der Waals surface area contributed by atoms with Gasteiger partial charge in [-0.05, 0) is 55.1 Å². The van der Waals surface area contributed by atoms with Crippen LogP contribution in [0.2, 0.25) is 0 Å². The van der Waals surface area contributed by atoms with Gasteiger partial charge in [0.2, 0.25) is 0 Å². The molecule has 0 aliphatic carbocycles. The number of aryl methyl sites for hydroxylation is 1. The molecule has 0 aliphatic rings. The van der Waals surface area contributed by atoms with Gasteiger partial charge in [0, 0.05) is 11.9 Å². The van der Waals surface area contributed by atoms with Gasteiger partial charge in [-0.15, -0.1) is 0 Å². The van der Waals surface area contributed by atoms with Crippen molar-refractivity contribution in [3.05, 3.63) is 101 Å². The molecular weight excluding hydrogens is 412 g/mol. The second-order valence-electron chi connectivity index (χ2n) is 8.15. The van der Waals surface area contributed by atoms with Gasteiger partial charge in [0.25, 0.3) is 5.91 Å². The van der Waals surface area contributed by atoms with Crippen molar-refractivity contribution in [2.75, 3.05) is 13.7 Å². The smallest absolute Gasteiger partial charge is 0.287 e. The number of amides is 1. The first-order valence-corrected chi connectivity index (χ1v) is 11.4. The van der Waals surface area contributed by atoms with Crippen molar-refractivity contribution < 1.29 is 13.9 Å². The highest BCUT2D eigenvalue weighted by Crippen LogP contribution is 2.32. The Balaban J connectivity index is 1.43. The van der Waals surface area contributed by atoms with Crippen LogP contribution in [0.25, 0.3) is 11.0 Å². The minimum absolute atomic E-state index is 0.125. The highest BCUT2D eigenvalue weighted by atomic mass is 16.5. The van der Waals surface area contributed by atoms with Crippen LogP contribution in [-0.2, 0) is 13.0 Å². The van der Waals surface area contributed by atoms with Crippen molar-refractivity contribution in [3.8, 4) is 5.75 Å². The van der Waals surface area contributed by atoms with Crippen LogP contribution >= 0.6 is 0 Å². The lowest BCUT2D eigenvalue weighted by Crippen LogP contribution is -2.26. The largest absolute Gasteiger partial charge is 0.493 e. The number of fused-ring (bicyclic) bond motifs is 1. The van der Waals surface area contributed by atoms with Crippen molar-refractivity contribution in [1.29, 1.82) is 0 Å². The van der Waals surface area contributed by atoms with Crippen LogP contribution in [-0.4, -0.2) is 19.6 Å². The third-order valence-corrected chi connectivity index (χ3v) is 5.81. The summed E-state index contributed by atoms with van der Waals surface area (Å²) in [7, 11) is 1.61. The normalized spacial score (nSPS) is 11.9. The highest BCUT2D eigenvalue weighted by Gasteiger charge is 2.19. The minimum atomic E-state index is -0.244. The molecule has 0 fully saturated rings. The van der Waals surface area contributed by atoms with E-state index < -0.39 is 0 Å². The van der Waals surface area contributed by atoms with Gasteiger partial charge in [0.05, 0.1) is 13.2 Å². The second kappa shape index (κ2) is 10.8. The number of benzene rings is 3. The maximum Gasteiger partial charge on any atom is 0.287 e. The standard InChI is InChI=1S/C28H30N2O3/c1-20(22-13-7-4-8-14-22)30-28(31)26-18-24-23(15-16-25(32-2)27(24)33-26)19-29-17-9-12-21-10-5-3-6-11-21/h3-8,10-11,13-16,18,20,29H,9,12,17,19H2,1-2H3,(H,30,31). The predicted molar refractivity (Wildman–Crippen MR) is 132 cm³/mol. The summed E-state index contributed by atoms with van der Waals surface area (Å²) in [6, 6.07) is 26.0. The lowest BCUT2D eigenvalue weighted by atomic mass is 10.1. The summed E-state index contributed by atoms with van der Waals surface area (Å²) < 4.78 is 11.4. The summed E-state index contributed by atoms with van der Waals surface area (Å²) in [6.07, 6.45) is 2.10. The number of carbonyl (C=O) groups excluding carboxylic acids is 1. The molecule has 0 saturated carbocycles. The molecule has 5 nitrogen and oxygen atoms in total. The lowest BCUT2D eigenvalue weighted by Gasteiger charge is -2.12. The van der Waals surface area contributed by atoms with Crippen molar-refractivity contribution in [1.82, 2.24) is 10.6 Å². The first kappa shape index (κ1) is 22.6. The topological polar surface area (TPSA) is 63.5 Å². The number of hydrogen-bond acceptors (Lipinski definition) is 4. The van der Waals surface area contributed by atoms with Crippen LogP contribution < -0.4 is 15.4 Å². The van der Waals surface area contributed by atoms with Crippen LogP contribution in [0.15, 0.2) is 83.3 Å². The molecule has 1 heterocycles. The van der Waals surface area contributed by atoms with Gasteiger partial charge in [0.15, 0.2) is 17.1 Å². The first-order valence-electron chi connectivity index (χ1n) is 11.4. The molecule has 33 heavy (non-hydrogen) atoms. The summed E-state index contributed by atoms with van der Waals surface area (Å²) in [6.45, 7) is 3.56. The van der Waals surface area contributed by atoms with Gasteiger partial charge in [0.1, 0.15) is 0 Å². The molecule has 0 saturated heterocycles. The summed E-state index contributed by atoms with van der Waals surface area (Å²) in [4.78, 5) is 12.9. The Kier molecular flexibility index (Phi) is 7.43. The number of methoxy groups -OCH3 is 1. The molecule has 0 bridgehead atoms. The van der Waals surface area contributed by atoms with Crippen LogP contribution in [0, 0.1) is 0 Å². The maximum atomic E-state index is 12.9. The zero-order chi connectivity index (χ0) is 23.0. The fourth-order valence-corrected chi connectivity index (χ4v) is 3.96. The van der Waals surface area contributed by atoms with Gasteiger partial charge in [-0.3, -0.25) is 4.79 Å². The molecule has 4 rings (SSSR count). The van der Waals surface area contributed by atoms with E-state index in [0.717, 1.165) is 35.9 Å². The van der Waals surface area contributed by atoms with Gasteiger partial charge < -0.3 is 19.8 Å². The predicted octanol–water partition coefficient (Wildman–Crippen LogP) is 5.65. The van der Waals surface area contributed by atoms with Gasteiger partial charge >= 0.3 is 0 Å². The molecule has 1 atom stereocenters. The molecular formula is C28H30N2O3. The van der Waals surface area contributed by atoms with E-state index in [1.165, 1.54) is 5.56 Å². The third-order valence-electron chi connectivity index (χ3n) is 5.81. The van der Waals surface area contributed by atoms with E-state index in [-0.39, 0.29) is 17.7 Å². The fourth-order valence-electron chi connectivity index (χ4n) is 3.96. The molecule has 4 aromatic rings. The van der Waals surface area contributed by atoms with E-state index in [1.807, 2.05) is 61.5 Å². The third kappa shape index (κ3) is 5.62. The van der Waals surface area contributed by atoms with E-state index in [4.69, 9.17) is 9.15 Å². The van der Waals surface area contributed by atoms with E-state index >= 15 is 0 Å². The molecule has 2 N–H and O–H groups in total. The Morgan fingerprint density at radius 3 is 2.45 bits per heavy atom. The van der Waals surface area contributed by atoms with Crippen molar-refractivity contribution in [2.24, 2.45) is 0 Å². The second-order valence-corrected chi connectivity index (χ2v) is 8.15. The Bertz CT molecular complexity index is 1190. The SMILES string of the molecule is COc1ccc(CNCCCc2ccccc2)c2cc(C(=O)NC(C)c3ccccc3)oc12. The minimum Gasteiger partial charge on any atom is -0.493 e. The molecule has 170 valence electrons. The monoisotopic (exact) mass is 442 g/mol. The molecule has 5 heteroatoms. The van der Waals surface area contributed by atoms with E-state index in [2.05, 4.69) is 34.9 Å². The Morgan fingerprint density at radius 2 is 1.73 bits per heavy atom. The quantitative estimate of drug-likeness (QED) is 0.311. The van der Waals surface area contributed by atoms with Gasteiger partial charge in [-0.2, -0.15) is 0 Å². The molecule has 0 radical (unpaired) electrons. The van der Waals surface area contributed by atoms with Crippen LogP contribution in [0.3, 0.4) is 0 Å². The Morgan fingerprint density at radius 1 is 1.00 bits per heavy atom. The van der Waals surface area contributed by atoms with Crippen LogP contribution in [0.5, 0.6) is 5.75 Å². The number of rotatable bonds is 10. The molecule has 0 aliphatic heterocycles. The van der Waals surface area contributed by atoms with Crippen LogP contribution in [0.4, 0.5) is 0 Å². The summed E-state index contributed by atoms with van der Waals surface area (Å²) >= 11 is 0. The maximum absolute atomic E-state index is 12.9. The van der Waals surface area contributed by atoms with Crippen molar-refractivity contribution in [2.45, 2.75) is 32.4 Å². The molecule has 0 spiro atoms. The van der Waals surface area contributed by atoms with Crippen molar-refractivity contribution in [3.63, 3.8) is 0 Å².